The summed E-state index contributed by atoms with van der Waals surface area (Å²) in [5.41, 5.74) is 1.61. The van der Waals surface area contributed by atoms with Crippen LogP contribution < -0.4 is 0 Å². The molecule has 2 rings (SSSR count). The number of ether oxygens (including phenoxy) is 1. The largest absolute Gasteiger partial charge is 0.380 e. The minimum absolute atomic E-state index is 0.0820. The number of aromatic nitrogens is 3. The fraction of sp³-hybridized carbons (Fsp3) is 0.500. The van der Waals surface area contributed by atoms with Crippen molar-refractivity contribution in [3.63, 3.8) is 0 Å². The van der Waals surface area contributed by atoms with Gasteiger partial charge < -0.3 is 9.64 Å². The molecule has 1 aromatic rings. The normalized spacial score (nSPS) is 16.1. The Hall–Kier alpha value is -1.69. The Morgan fingerprint density at radius 1 is 1.69 bits per heavy atom. The Morgan fingerprint density at radius 2 is 2.56 bits per heavy atom. The summed E-state index contributed by atoms with van der Waals surface area (Å²) in [7, 11) is 1.67. The average molecular weight is 222 g/mol. The summed E-state index contributed by atoms with van der Waals surface area (Å²) in [5.74, 6) is -0.0820. The quantitative estimate of drug-likeness (QED) is 0.743. The highest BCUT2D eigenvalue weighted by Crippen LogP contribution is 2.12. The van der Waals surface area contributed by atoms with Crippen LogP contribution in [0.3, 0.4) is 0 Å². The predicted molar refractivity (Wildman–Crippen MR) is 56.9 cm³/mol. The molecule has 6 nitrogen and oxygen atoms in total. The molecule has 16 heavy (non-hydrogen) atoms. The van der Waals surface area contributed by atoms with Gasteiger partial charge in [-0.1, -0.05) is 6.08 Å². The number of hydrogen-bond acceptors (Lipinski definition) is 4. The van der Waals surface area contributed by atoms with Gasteiger partial charge in [-0.3, -0.25) is 4.79 Å². The van der Waals surface area contributed by atoms with Crippen LogP contribution >= 0.6 is 0 Å². The van der Waals surface area contributed by atoms with Crippen LogP contribution in [0.15, 0.2) is 17.8 Å². The van der Waals surface area contributed by atoms with Crippen LogP contribution in [-0.4, -0.2) is 53.0 Å². The van der Waals surface area contributed by atoms with E-state index >= 15 is 0 Å². The summed E-state index contributed by atoms with van der Waals surface area (Å²) in [6.45, 7) is 1.97. The van der Waals surface area contributed by atoms with E-state index in [1.165, 1.54) is 11.8 Å². The molecule has 86 valence electrons. The van der Waals surface area contributed by atoms with Gasteiger partial charge in [0.2, 0.25) is 0 Å². The van der Waals surface area contributed by atoms with Crippen molar-refractivity contribution in [2.24, 2.45) is 0 Å². The number of methoxy groups -OCH3 is 1. The average Bonchev–Trinajstić information content (AvgIpc) is 2.83. The van der Waals surface area contributed by atoms with E-state index in [1.807, 2.05) is 6.08 Å². The molecule has 0 spiro atoms. The molecule has 2 heterocycles. The van der Waals surface area contributed by atoms with Crippen LogP contribution in [0.1, 0.15) is 16.9 Å². The fourth-order valence-corrected chi connectivity index (χ4v) is 1.68. The van der Waals surface area contributed by atoms with Crippen molar-refractivity contribution in [3.8, 4) is 0 Å². The molecule has 1 N–H and O–H groups in total. The smallest absolute Gasteiger partial charge is 0.276 e. The van der Waals surface area contributed by atoms with Gasteiger partial charge in [-0.05, 0) is 12.0 Å². The number of amides is 1. The third-order valence-corrected chi connectivity index (χ3v) is 2.55. The lowest BCUT2D eigenvalue weighted by Crippen LogP contribution is -2.35. The zero-order chi connectivity index (χ0) is 11.4. The Kier molecular flexibility index (Phi) is 3.31. The molecule has 0 radical (unpaired) electrons. The second-order valence-electron chi connectivity index (χ2n) is 3.65. The van der Waals surface area contributed by atoms with Crippen molar-refractivity contribution in [1.29, 1.82) is 0 Å². The van der Waals surface area contributed by atoms with E-state index in [1.54, 1.807) is 12.0 Å². The number of carbonyl (C=O) groups is 1. The van der Waals surface area contributed by atoms with Crippen LogP contribution in [0.2, 0.25) is 0 Å². The first-order valence-corrected chi connectivity index (χ1v) is 5.13. The van der Waals surface area contributed by atoms with Gasteiger partial charge in [-0.15, -0.1) is 0 Å². The summed E-state index contributed by atoms with van der Waals surface area (Å²) in [6.07, 6.45) is 4.33. The number of carbonyl (C=O) groups excluding carboxylic acids is 1. The van der Waals surface area contributed by atoms with E-state index in [0.717, 1.165) is 6.42 Å². The van der Waals surface area contributed by atoms with Gasteiger partial charge in [0, 0.05) is 20.2 Å². The minimum atomic E-state index is -0.0820. The van der Waals surface area contributed by atoms with E-state index < -0.39 is 0 Å². The van der Waals surface area contributed by atoms with E-state index in [0.29, 0.717) is 25.4 Å². The summed E-state index contributed by atoms with van der Waals surface area (Å²) in [6, 6.07) is 0. The molecule has 6 heteroatoms. The summed E-state index contributed by atoms with van der Waals surface area (Å²) in [4.78, 5) is 13.6. The molecule has 1 amide bonds. The molecule has 1 aromatic heterocycles. The van der Waals surface area contributed by atoms with Crippen molar-refractivity contribution in [3.05, 3.63) is 23.5 Å². The first-order valence-electron chi connectivity index (χ1n) is 5.13. The lowest BCUT2D eigenvalue weighted by Gasteiger charge is -2.25. The third-order valence-electron chi connectivity index (χ3n) is 2.55. The molecule has 0 saturated carbocycles. The van der Waals surface area contributed by atoms with Gasteiger partial charge in [0.1, 0.15) is 0 Å². The van der Waals surface area contributed by atoms with E-state index in [-0.39, 0.29) is 5.91 Å². The zero-order valence-corrected chi connectivity index (χ0v) is 9.14. The molecule has 0 atom stereocenters. The fourth-order valence-electron chi connectivity index (χ4n) is 1.68. The highest BCUT2D eigenvalue weighted by molar-refractivity contribution is 5.92. The Labute approximate surface area is 93.3 Å². The second kappa shape index (κ2) is 4.89. The number of aromatic amines is 1. The molecule has 0 bridgehead atoms. The molecule has 1 aliphatic rings. The van der Waals surface area contributed by atoms with Gasteiger partial charge in [-0.2, -0.15) is 15.4 Å². The third kappa shape index (κ3) is 2.27. The molecular weight excluding hydrogens is 208 g/mol. The van der Waals surface area contributed by atoms with E-state index in [4.69, 9.17) is 4.74 Å². The summed E-state index contributed by atoms with van der Waals surface area (Å²) in [5, 5.41) is 9.83. The molecule has 0 saturated heterocycles. The van der Waals surface area contributed by atoms with Crippen molar-refractivity contribution in [2.75, 3.05) is 26.8 Å². The van der Waals surface area contributed by atoms with Crippen LogP contribution in [0, 0.1) is 0 Å². The number of nitrogens with zero attached hydrogens (tertiary/aromatic N) is 3. The highest BCUT2D eigenvalue weighted by Gasteiger charge is 2.20. The van der Waals surface area contributed by atoms with Gasteiger partial charge in [0.25, 0.3) is 5.91 Å². The van der Waals surface area contributed by atoms with Crippen molar-refractivity contribution < 1.29 is 9.53 Å². The van der Waals surface area contributed by atoms with Gasteiger partial charge in [0.05, 0.1) is 12.8 Å². The Balaban J connectivity index is 1.97. The maximum atomic E-state index is 11.9. The monoisotopic (exact) mass is 222 g/mol. The highest BCUT2D eigenvalue weighted by atomic mass is 16.5. The number of H-pyrrole nitrogens is 1. The van der Waals surface area contributed by atoms with Crippen molar-refractivity contribution >= 4 is 5.91 Å². The minimum Gasteiger partial charge on any atom is -0.380 e. The Bertz CT molecular complexity index is 386. The number of rotatable bonds is 3. The van der Waals surface area contributed by atoms with E-state index in [9.17, 15) is 4.79 Å². The second-order valence-corrected chi connectivity index (χ2v) is 3.65. The van der Waals surface area contributed by atoms with Crippen LogP contribution in [0.4, 0.5) is 0 Å². The molecule has 0 aromatic carbocycles. The SMILES string of the molecule is COCC1=CCN(C(=O)c2cn[nH]n2)CC1. The van der Waals surface area contributed by atoms with Crippen LogP contribution in [0.5, 0.6) is 0 Å². The Morgan fingerprint density at radius 3 is 3.12 bits per heavy atom. The van der Waals surface area contributed by atoms with Crippen LogP contribution in [0.25, 0.3) is 0 Å². The number of nitrogens with one attached hydrogen (secondary N) is 1. The molecule has 0 aliphatic carbocycles. The van der Waals surface area contributed by atoms with Crippen LogP contribution in [-0.2, 0) is 4.74 Å². The lowest BCUT2D eigenvalue weighted by atomic mass is 10.1. The molecule has 0 unspecified atom stereocenters. The van der Waals surface area contributed by atoms with Gasteiger partial charge in [-0.25, -0.2) is 0 Å². The first-order chi connectivity index (χ1) is 7.81. The first kappa shape index (κ1) is 10.8. The standard InChI is InChI=1S/C10H14N4O2/c1-16-7-8-2-4-14(5-3-8)10(15)9-6-11-13-12-9/h2,6H,3-5,7H2,1H3,(H,11,12,13). The molecule has 0 fully saturated rings. The van der Waals surface area contributed by atoms with Gasteiger partial charge in [0.15, 0.2) is 5.69 Å². The van der Waals surface area contributed by atoms with Crippen molar-refractivity contribution in [1.82, 2.24) is 20.3 Å². The zero-order valence-electron chi connectivity index (χ0n) is 9.14. The molecular formula is C10H14N4O2. The summed E-state index contributed by atoms with van der Waals surface area (Å²) >= 11 is 0. The summed E-state index contributed by atoms with van der Waals surface area (Å²) < 4.78 is 5.05. The number of hydrogen-bond donors (Lipinski definition) is 1. The topological polar surface area (TPSA) is 71.1 Å². The maximum Gasteiger partial charge on any atom is 0.276 e. The van der Waals surface area contributed by atoms with Crippen molar-refractivity contribution in [2.45, 2.75) is 6.42 Å². The molecule has 1 aliphatic heterocycles. The van der Waals surface area contributed by atoms with E-state index in [2.05, 4.69) is 15.4 Å². The maximum absolute atomic E-state index is 11.9. The predicted octanol–water partition coefficient (Wildman–Crippen LogP) is 0.223. The van der Waals surface area contributed by atoms with Gasteiger partial charge >= 0.3 is 0 Å². The lowest BCUT2D eigenvalue weighted by molar-refractivity contribution is 0.0759.